The second-order valence-corrected chi connectivity index (χ2v) is 7.07. The third-order valence-corrected chi connectivity index (χ3v) is 5.06. The Bertz CT molecular complexity index is 784. The van der Waals surface area contributed by atoms with Crippen LogP contribution < -0.4 is 0 Å². The highest BCUT2D eigenvalue weighted by molar-refractivity contribution is 7.99. The van der Waals surface area contributed by atoms with Crippen LogP contribution in [0.2, 0.25) is 0 Å². The van der Waals surface area contributed by atoms with Crippen molar-refractivity contribution in [1.29, 1.82) is 0 Å². The fourth-order valence-electron chi connectivity index (χ4n) is 2.84. The van der Waals surface area contributed by atoms with E-state index in [0.717, 1.165) is 17.0 Å². The fraction of sp³-hybridized carbons (Fsp3) is 0.263. The molecule has 6 heteroatoms. The number of rotatable bonds is 3. The Morgan fingerprint density at radius 2 is 1.68 bits per heavy atom. The maximum atomic E-state index is 13.5. The summed E-state index contributed by atoms with van der Waals surface area (Å²) >= 11 is 1.41. The Hall–Kier alpha value is -1.43. The minimum atomic E-state index is -4.36. The Morgan fingerprint density at radius 3 is 2.36 bits per heavy atom. The maximum absolute atomic E-state index is 13.5. The third-order valence-electron chi connectivity index (χ3n) is 3.92. The van der Waals surface area contributed by atoms with E-state index in [1.54, 1.807) is 6.07 Å². The molecule has 0 saturated heterocycles. The number of hydrogen-bond donors (Lipinski definition) is 0. The van der Waals surface area contributed by atoms with Gasteiger partial charge >= 0.3 is 6.18 Å². The fourth-order valence-corrected chi connectivity index (χ4v) is 3.98. The normalized spacial score (nSPS) is 14.9. The van der Waals surface area contributed by atoms with Gasteiger partial charge in [-0.25, -0.2) is 0 Å². The van der Waals surface area contributed by atoms with Gasteiger partial charge in [0.2, 0.25) is 0 Å². The van der Waals surface area contributed by atoms with E-state index >= 15 is 0 Å². The molecular weight excluding hydrogens is 367 g/mol. The average molecular weight is 386 g/mol. The first-order chi connectivity index (χ1) is 11.4. The van der Waals surface area contributed by atoms with Gasteiger partial charge in [0.05, 0.1) is 5.56 Å². The van der Waals surface area contributed by atoms with E-state index in [1.165, 1.54) is 23.9 Å². The SMILES string of the molecule is CN(C)CC/C=C1/c2ccccc2Sc2cccc(C(F)(F)F)c21.Cl. The molecule has 134 valence electrons. The molecule has 0 spiro atoms. The molecule has 0 fully saturated rings. The largest absolute Gasteiger partial charge is 0.417 e. The molecule has 0 atom stereocenters. The maximum Gasteiger partial charge on any atom is 0.417 e. The molecule has 0 bridgehead atoms. The van der Waals surface area contributed by atoms with E-state index in [9.17, 15) is 13.2 Å². The molecule has 0 radical (unpaired) electrons. The van der Waals surface area contributed by atoms with E-state index in [2.05, 4.69) is 0 Å². The monoisotopic (exact) mass is 385 g/mol. The molecule has 2 aromatic carbocycles. The summed E-state index contributed by atoms with van der Waals surface area (Å²) in [4.78, 5) is 3.69. The van der Waals surface area contributed by atoms with Gasteiger partial charge in [0, 0.05) is 21.9 Å². The molecule has 0 amide bonds. The molecule has 3 rings (SSSR count). The summed E-state index contributed by atoms with van der Waals surface area (Å²) in [5.74, 6) is 0. The van der Waals surface area contributed by atoms with Crippen LogP contribution in [-0.2, 0) is 6.18 Å². The second-order valence-electron chi connectivity index (χ2n) is 5.98. The van der Waals surface area contributed by atoms with Crippen LogP contribution in [0.25, 0.3) is 5.57 Å². The Morgan fingerprint density at radius 1 is 1.00 bits per heavy atom. The summed E-state index contributed by atoms with van der Waals surface area (Å²) < 4.78 is 40.6. The summed E-state index contributed by atoms with van der Waals surface area (Å²) in [6.45, 7) is 0.794. The first-order valence-corrected chi connectivity index (χ1v) is 8.52. The summed E-state index contributed by atoms with van der Waals surface area (Å²) in [5.41, 5.74) is 1.32. The molecule has 1 heterocycles. The predicted octanol–water partition coefficient (Wildman–Crippen LogP) is 5.98. The number of benzene rings is 2. The number of hydrogen-bond acceptors (Lipinski definition) is 2. The van der Waals surface area contributed by atoms with Crippen LogP contribution >= 0.6 is 24.2 Å². The topological polar surface area (TPSA) is 3.24 Å². The predicted molar refractivity (Wildman–Crippen MR) is 99.5 cm³/mol. The molecule has 1 aliphatic heterocycles. The smallest absolute Gasteiger partial charge is 0.309 e. The van der Waals surface area contributed by atoms with Crippen LogP contribution in [0.15, 0.2) is 58.3 Å². The number of fused-ring (bicyclic) bond motifs is 2. The van der Waals surface area contributed by atoms with Crippen molar-refractivity contribution in [3.63, 3.8) is 0 Å². The van der Waals surface area contributed by atoms with E-state index < -0.39 is 11.7 Å². The zero-order valence-corrected chi connectivity index (χ0v) is 15.6. The van der Waals surface area contributed by atoms with E-state index in [4.69, 9.17) is 0 Å². The molecule has 25 heavy (non-hydrogen) atoms. The Balaban J connectivity index is 0.00000225. The number of halogens is 4. The average Bonchev–Trinajstić information content (AvgIpc) is 2.52. The van der Waals surface area contributed by atoms with Crippen molar-refractivity contribution in [3.05, 3.63) is 65.2 Å². The molecule has 1 nitrogen and oxygen atoms in total. The minimum absolute atomic E-state index is 0. The van der Waals surface area contributed by atoms with Gasteiger partial charge in [-0.2, -0.15) is 13.2 Å². The van der Waals surface area contributed by atoms with Crippen LogP contribution in [0, 0.1) is 0 Å². The number of alkyl halides is 3. The van der Waals surface area contributed by atoms with Gasteiger partial charge in [0.25, 0.3) is 0 Å². The number of nitrogens with zero attached hydrogens (tertiary/aromatic N) is 1. The summed E-state index contributed by atoms with van der Waals surface area (Å²) in [7, 11) is 3.91. The van der Waals surface area contributed by atoms with Gasteiger partial charge in [-0.05, 0) is 49.9 Å². The van der Waals surface area contributed by atoms with E-state index in [0.29, 0.717) is 22.5 Å². The van der Waals surface area contributed by atoms with E-state index in [1.807, 2.05) is 49.3 Å². The molecule has 0 N–H and O–H groups in total. The molecule has 1 aliphatic rings. The molecular formula is C19H19ClF3NS. The lowest BCUT2D eigenvalue weighted by Crippen LogP contribution is -2.14. The van der Waals surface area contributed by atoms with Crippen LogP contribution in [0.5, 0.6) is 0 Å². The minimum Gasteiger partial charge on any atom is -0.309 e. The standard InChI is InChI=1S/C19H18F3NS.ClH/c1-23(2)12-6-8-14-13-7-3-4-10-16(13)24-17-11-5-9-15(18(14)17)19(20,21)22;/h3-5,7-11H,6,12H2,1-2H3;1H/b14-8-;. The molecule has 2 aromatic rings. The first kappa shape index (κ1) is 19.9. The van der Waals surface area contributed by atoms with Crippen molar-refractivity contribution in [2.75, 3.05) is 20.6 Å². The molecule has 0 saturated carbocycles. The van der Waals surface area contributed by atoms with Crippen LogP contribution in [0.3, 0.4) is 0 Å². The van der Waals surface area contributed by atoms with Crippen molar-refractivity contribution in [3.8, 4) is 0 Å². The van der Waals surface area contributed by atoms with Crippen LogP contribution in [-0.4, -0.2) is 25.5 Å². The summed E-state index contributed by atoms with van der Waals surface area (Å²) in [5, 5.41) is 0. The van der Waals surface area contributed by atoms with Gasteiger partial charge in [-0.3, -0.25) is 0 Å². The quantitative estimate of drug-likeness (QED) is 0.546. The summed E-state index contributed by atoms with van der Waals surface area (Å²) in [6.07, 6.45) is -1.72. The van der Waals surface area contributed by atoms with Gasteiger partial charge in [-0.15, -0.1) is 12.4 Å². The lowest BCUT2D eigenvalue weighted by atomic mass is 9.92. The van der Waals surface area contributed by atoms with Gasteiger partial charge < -0.3 is 4.90 Å². The highest BCUT2D eigenvalue weighted by atomic mass is 35.5. The van der Waals surface area contributed by atoms with Crippen molar-refractivity contribution in [1.82, 2.24) is 4.90 Å². The third kappa shape index (κ3) is 4.22. The van der Waals surface area contributed by atoms with Crippen LogP contribution in [0.1, 0.15) is 23.1 Å². The first-order valence-electron chi connectivity index (χ1n) is 7.70. The highest BCUT2D eigenvalue weighted by Gasteiger charge is 2.37. The van der Waals surface area contributed by atoms with Crippen LogP contribution in [0.4, 0.5) is 13.2 Å². The lowest BCUT2D eigenvalue weighted by molar-refractivity contribution is -0.137. The van der Waals surface area contributed by atoms with Crippen molar-refractivity contribution >= 4 is 29.7 Å². The van der Waals surface area contributed by atoms with Gasteiger partial charge in [-0.1, -0.05) is 42.1 Å². The van der Waals surface area contributed by atoms with Gasteiger partial charge in [0.1, 0.15) is 0 Å². The van der Waals surface area contributed by atoms with Gasteiger partial charge in [0.15, 0.2) is 0 Å². The van der Waals surface area contributed by atoms with Crippen molar-refractivity contribution in [2.45, 2.75) is 22.4 Å². The zero-order valence-electron chi connectivity index (χ0n) is 13.9. The Kier molecular flexibility index (Phi) is 6.25. The van der Waals surface area contributed by atoms with Crippen molar-refractivity contribution < 1.29 is 13.2 Å². The highest BCUT2D eigenvalue weighted by Crippen LogP contribution is 2.49. The van der Waals surface area contributed by atoms with Crippen molar-refractivity contribution in [2.24, 2.45) is 0 Å². The molecule has 0 aromatic heterocycles. The molecule has 0 unspecified atom stereocenters. The Labute approximate surface area is 156 Å². The molecule has 0 aliphatic carbocycles. The lowest BCUT2D eigenvalue weighted by Gasteiger charge is -2.25. The zero-order chi connectivity index (χ0) is 17.3. The summed E-state index contributed by atoms with van der Waals surface area (Å²) in [6, 6.07) is 12.1. The second kappa shape index (κ2) is 7.85. The van der Waals surface area contributed by atoms with E-state index in [-0.39, 0.29) is 12.4 Å².